The van der Waals surface area contributed by atoms with Crippen LogP contribution in [-0.4, -0.2) is 53.7 Å². The second-order valence-corrected chi connectivity index (χ2v) is 9.83. The van der Waals surface area contributed by atoms with Crippen LogP contribution in [0.25, 0.3) is 0 Å². The predicted octanol–water partition coefficient (Wildman–Crippen LogP) is 3.88. The van der Waals surface area contributed by atoms with Gasteiger partial charge in [0.15, 0.2) is 13.2 Å². The molecule has 0 radical (unpaired) electrons. The summed E-state index contributed by atoms with van der Waals surface area (Å²) < 4.78 is 64.8. The Balaban J connectivity index is 1.25. The lowest BCUT2D eigenvalue weighted by molar-refractivity contribution is -0.274. The van der Waals surface area contributed by atoms with Gasteiger partial charge in [0.05, 0.1) is 16.7 Å². The molecule has 3 N–H and O–H groups in total. The van der Waals surface area contributed by atoms with Gasteiger partial charge in [-0.15, -0.1) is 13.2 Å². The van der Waals surface area contributed by atoms with Crippen molar-refractivity contribution in [3.63, 3.8) is 0 Å². The Morgan fingerprint density at radius 2 is 1.47 bits per heavy atom. The van der Waals surface area contributed by atoms with E-state index in [2.05, 4.69) is 15.4 Å². The average Bonchev–Trinajstić information content (AvgIpc) is 2.84. The molecule has 3 aliphatic rings. The smallest absolute Gasteiger partial charge is 0.484 e. The lowest BCUT2D eigenvalue weighted by Crippen LogP contribution is -2.70. The number of fused-ring (bicyclic) bond motifs is 3. The summed E-state index contributed by atoms with van der Waals surface area (Å²) in [5.74, 6) is -1.68. The summed E-state index contributed by atoms with van der Waals surface area (Å²) in [5, 5.41) is 16.6. The van der Waals surface area contributed by atoms with Crippen molar-refractivity contribution in [2.24, 2.45) is 0 Å². The number of aliphatic hydroxyl groups is 1. The molecule has 38 heavy (non-hydrogen) atoms. The molecular formula is C25H25ClF4N2O6. The maximum atomic E-state index is 13.5. The van der Waals surface area contributed by atoms with Crippen LogP contribution in [0.4, 0.5) is 17.6 Å². The van der Waals surface area contributed by atoms with E-state index in [1.54, 1.807) is 0 Å². The third kappa shape index (κ3) is 6.79. The van der Waals surface area contributed by atoms with Gasteiger partial charge in [0.25, 0.3) is 11.8 Å². The lowest BCUT2D eigenvalue weighted by Gasteiger charge is -2.56. The van der Waals surface area contributed by atoms with Crippen molar-refractivity contribution in [1.82, 2.24) is 10.6 Å². The number of hydrogen-bond acceptors (Lipinski definition) is 6. The Labute approximate surface area is 220 Å². The zero-order chi connectivity index (χ0) is 27.6. The molecule has 0 aliphatic heterocycles. The van der Waals surface area contributed by atoms with Crippen LogP contribution < -0.4 is 24.8 Å². The minimum Gasteiger partial charge on any atom is -0.484 e. The fourth-order valence-electron chi connectivity index (χ4n) is 4.91. The van der Waals surface area contributed by atoms with Gasteiger partial charge in [-0.1, -0.05) is 11.6 Å². The number of rotatable bonds is 9. The number of amides is 2. The molecule has 3 fully saturated rings. The van der Waals surface area contributed by atoms with Crippen LogP contribution in [0.5, 0.6) is 17.2 Å². The van der Waals surface area contributed by atoms with Gasteiger partial charge in [-0.2, -0.15) is 0 Å². The standard InChI is InChI=1S/C25H25ClF4N2O6/c26-18-6-5-17(11-19(18)27)37-13-21(34)31-23-7-9-24(10-8-23,20(33)12-23)32-22(35)14-36-15-1-3-16(4-2-15)38-25(28,29)30/h1-6,11,20,33H,7-10,12-14H2,(H,31,34)(H,32,35)/t20-,23?,24?/m0/s1. The number of benzene rings is 2. The Hall–Kier alpha value is -3.25. The SMILES string of the molecule is O=C(COc1ccc(Cl)c(F)c1)NC12CCC(NC(=O)COc3ccc(OC(F)(F)F)cc3)(CC1)[C@@H](O)C2. The number of ether oxygens (including phenoxy) is 3. The zero-order valence-corrected chi connectivity index (χ0v) is 20.7. The fourth-order valence-corrected chi connectivity index (χ4v) is 5.03. The quantitative estimate of drug-likeness (QED) is 0.402. The van der Waals surface area contributed by atoms with Gasteiger partial charge in [0, 0.05) is 11.6 Å². The maximum absolute atomic E-state index is 13.5. The molecule has 2 aromatic carbocycles. The van der Waals surface area contributed by atoms with Gasteiger partial charge in [-0.25, -0.2) is 4.39 Å². The van der Waals surface area contributed by atoms with Crippen molar-refractivity contribution >= 4 is 23.4 Å². The maximum Gasteiger partial charge on any atom is 0.573 e. The fraction of sp³-hybridized carbons (Fsp3) is 0.440. The normalized spacial score (nSPS) is 24.4. The molecule has 0 saturated heterocycles. The van der Waals surface area contributed by atoms with E-state index >= 15 is 0 Å². The van der Waals surface area contributed by atoms with Gasteiger partial charge in [0.1, 0.15) is 23.1 Å². The summed E-state index contributed by atoms with van der Waals surface area (Å²) in [6.45, 7) is -0.750. The first-order valence-corrected chi connectivity index (χ1v) is 12.1. The summed E-state index contributed by atoms with van der Waals surface area (Å²) >= 11 is 5.64. The van der Waals surface area contributed by atoms with Gasteiger partial charge >= 0.3 is 6.36 Å². The van der Waals surface area contributed by atoms with Crippen molar-refractivity contribution in [3.8, 4) is 17.2 Å². The molecule has 0 unspecified atom stereocenters. The minimum absolute atomic E-state index is 0.0603. The highest BCUT2D eigenvalue weighted by molar-refractivity contribution is 6.30. The number of halogens is 5. The third-order valence-corrected chi connectivity index (χ3v) is 7.11. The Morgan fingerprint density at radius 1 is 0.921 bits per heavy atom. The molecule has 1 atom stereocenters. The zero-order valence-electron chi connectivity index (χ0n) is 19.9. The molecule has 0 heterocycles. The van der Waals surface area contributed by atoms with E-state index < -0.39 is 53.5 Å². The summed E-state index contributed by atoms with van der Waals surface area (Å²) in [4.78, 5) is 25.1. The van der Waals surface area contributed by atoms with Gasteiger partial charge in [-0.05, 0) is 68.5 Å². The Kier molecular flexibility index (Phi) is 7.93. The largest absolute Gasteiger partial charge is 0.573 e. The van der Waals surface area contributed by atoms with Crippen molar-refractivity contribution in [2.75, 3.05) is 13.2 Å². The van der Waals surface area contributed by atoms with Crippen molar-refractivity contribution < 1.29 is 46.5 Å². The molecule has 5 rings (SSSR count). The molecule has 2 bridgehead atoms. The van der Waals surface area contributed by atoms with Crippen LogP contribution in [0.3, 0.4) is 0 Å². The van der Waals surface area contributed by atoms with Crippen LogP contribution in [-0.2, 0) is 9.59 Å². The summed E-state index contributed by atoms with van der Waals surface area (Å²) in [7, 11) is 0. The minimum atomic E-state index is -4.81. The van der Waals surface area contributed by atoms with Crippen molar-refractivity contribution in [2.45, 2.75) is 55.6 Å². The summed E-state index contributed by atoms with van der Waals surface area (Å²) in [6, 6.07) is 8.47. The van der Waals surface area contributed by atoms with E-state index in [4.69, 9.17) is 21.1 Å². The van der Waals surface area contributed by atoms with Crippen molar-refractivity contribution in [3.05, 3.63) is 53.3 Å². The van der Waals surface area contributed by atoms with Crippen LogP contribution in [0.2, 0.25) is 5.02 Å². The van der Waals surface area contributed by atoms with E-state index in [-0.39, 0.29) is 29.5 Å². The second-order valence-electron chi connectivity index (χ2n) is 9.43. The Morgan fingerprint density at radius 3 is 2.05 bits per heavy atom. The highest BCUT2D eigenvalue weighted by atomic mass is 35.5. The first-order chi connectivity index (χ1) is 17.9. The highest BCUT2D eigenvalue weighted by Gasteiger charge is 2.55. The molecule has 3 aliphatic carbocycles. The number of carbonyl (C=O) groups excluding carboxylic acids is 2. The van der Waals surface area contributed by atoms with Crippen LogP contribution >= 0.6 is 11.6 Å². The van der Waals surface area contributed by atoms with Crippen molar-refractivity contribution in [1.29, 1.82) is 0 Å². The van der Waals surface area contributed by atoms with E-state index in [0.29, 0.717) is 25.7 Å². The van der Waals surface area contributed by atoms with Crippen LogP contribution in [0.15, 0.2) is 42.5 Å². The first-order valence-electron chi connectivity index (χ1n) is 11.7. The number of aliphatic hydroxyl groups excluding tert-OH is 1. The van der Waals surface area contributed by atoms with Crippen LogP contribution in [0.1, 0.15) is 32.1 Å². The summed E-state index contributed by atoms with van der Waals surface area (Å²) in [5.41, 5.74) is -1.54. The number of hydrogen-bond donors (Lipinski definition) is 3. The molecule has 2 amide bonds. The Bertz CT molecular complexity index is 1170. The molecular weight excluding hydrogens is 536 g/mol. The van der Waals surface area contributed by atoms with Crippen LogP contribution in [0, 0.1) is 5.82 Å². The molecule has 0 aromatic heterocycles. The predicted molar refractivity (Wildman–Crippen MR) is 126 cm³/mol. The van der Waals surface area contributed by atoms with E-state index in [0.717, 1.165) is 18.2 Å². The highest BCUT2D eigenvalue weighted by Crippen LogP contribution is 2.47. The summed E-state index contributed by atoms with van der Waals surface area (Å²) in [6.07, 6.45) is -3.69. The molecule has 206 valence electrons. The number of nitrogens with one attached hydrogen (secondary N) is 2. The van der Waals surface area contributed by atoms with E-state index in [9.17, 15) is 32.3 Å². The molecule has 13 heteroatoms. The molecule has 3 saturated carbocycles. The second kappa shape index (κ2) is 10.9. The number of alkyl halides is 3. The average molecular weight is 561 g/mol. The van der Waals surface area contributed by atoms with Gasteiger partial charge in [0.2, 0.25) is 0 Å². The number of carbonyl (C=O) groups is 2. The first kappa shape index (κ1) is 27.8. The molecule has 2 aromatic rings. The monoisotopic (exact) mass is 560 g/mol. The molecule has 8 nitrogen and oxygen atoms in total. The molecule has 0 spiro atoms. The lowest BCUT2D eigenvalue weighted by atomic mass is 9.60. The van der Waals surface area contributed by atoms with E-state index in [1.807, 2.05) is 0 Å². The van der Waals surface area contributed by atoms with Gasteiger partial charge < -0.3 is 30.0 Å². The van der Waals surface area contributed by atoms with Gasteiger partial charge in [-0.3, -0.25) is 9.59 Å². The third-order valence-electron chi connectivity index (χ3n) is 6.80. The van der Waals surface area contributed by atoms with E-state index in [1.165, 1.54) is 24.3 Å². The topological polar surface area (TPSA) is 106 Å².